The van der Waals surface area contributed by atoms with Crippen molar-refractivity contribution in [3.63, 3.8) is 0 Å². The lowest BCUT2D eigenvalue weighted by Crippen LogP contribution is -2.50. The molecular weight excluding hydrogens is 466 g/mol. The van der Waals surface area contributed by atoms with Crippen molar-refractivity contribution >= 4 is 33.4 Å². The molecule has 1 aliphatic heterocycles. The van der Waals surface area contributed by atoms with Crippen LogP contribution in [0.1, 0.15) is 17.7 Å². The van der Waals surface area contributed by atoms with Gasteiger partial charge in [-0.15, -0.1) is 0 Å². The van der Waals surface area contributed by atoms with Gasteiger partial charge in [0.1, 0.15) is 18.2 Å². The lowest BCUT2D eigenvalue weighted by Gasteiger charge is -2.28. The summed E-state index contributed by atoms with van der Waals surface area (Å²) in [5.41, 5.74) is -0.374. The zero-order chi connectivity index (χ0) is 23.5. The first-order valence-corrected chi connectivity index (χ1v) is 11.6. The Hall–Kier alpha value is -2.72. The molecule has 32 heavy (non-hydrogen) atoms. The minimum Gasteiger partial charge on any atom is -0.449 e. The molecule has 0 bridgehead atoms. The van der Waals surface area contributed by atoms with Gasteiger partial charge in [-0.05, 0) is 42.5 Å². The van der Waals surface area contributed by atoms with Gasteiger partial charge in [-0.3, -0.25) is 9.69 Å². The summed E-state index contributed by atoms with van der Waals surface area (Å²) in [6.45, 7) is 1.39. The molecular formula is C21H21ClF2N2O5S. The Morgan fingerprint density at radius 3 is 2.56 bits per heavy atom. The Morgan fingerprint density at radius 1 is 1.22 bits per heavy atom. The van der Waals surface area contributed by atoms with Crippen molar-refractivity contribution in [3.8, 4) is 0 Å². The van der Waals surface area contributed by atoms with Gasteiger partial charge < -0.3 is 10.1 Å². The van der Waals surface area contributed by atoms with E-state index in [1.54, 1.807) is 0 Å². The molecule has 0 radical (unpaired) electrons. The van der Waals surface area contributed by atoms with E-state index in [2.05, 4.69) is 5.32 Å². The Kier molecular flexibility index (Phi) is 7.35. The normalized spacial score (nSPS) is 16.2. The molecule has 1 fully saturated rings. The van der Waals surface area contributed by atoms with Gasteiger partial charge in [-0.2, -0.15) is 0 Å². The van der Waals surface area contributed by atoms with Crippen LogP contribution < -0.4 is 5.32 Å². The van der Waals surface area contributed by atoms with Crippen LogP contribution in [0.15, 0.2) is 47.4 Å². The molecule has 2 aromatic carbocycles. The van der Waals surface area contributed by atoms with E-state index in [0.717, 1.165) is 18.2 Å². The van der Waals surface area contributed by atoms with Crippen molar-refractivity contribution in [3.05, 3.63) is 64.7 Å². The molecule has 0 unspecified atom stereocenters. The standard InChI is InChI=1S/C21H21ClF2N2O5S/c1-13(12-31-21(28)26-9-8-25-19(27)11-26)20(17-10-15(23)4-7-18(17)24)32(29,30)16-5-2-14(22)3-6-16/h2-7,10,13,20H,8-9,11-12H2,1H3,(H,25,27)/t13-,20+/m1/s1. The molecule has 0 aromatic heterocycles. The van der Waals surface area contributed by atoms with Gasteiger partial charge in [0.05, 0.1) is 16.8 Å². The molecule has 172 valence electrons. The second-order valence-corrected chi connectivity index (χ2v) is 9.92. The molecule has 7 nitrogen and oxygen atoms in total. The fourth-order valence-electron chi connectivity index (χ4n) is 3.46. The molecule has 1 saturated heterocycles. The minimum atomic E-state index is -4.23. The molecule has 2 amide bonds. The second kappa shape index (κ2) is 9.83. The number of carbonyl (C=O) groups is 2. The number of amides is 2. The molecule has 2 atom stereocenters. The fraction of sp³-hybridized carbons (Fsp3) is 0.333. The molecule has 1 heterocycles. The van der Waals surface area contributed by atoms with Crippen molar-refractivity contribution in [1.29, 1.82) is 0 Å². The maximum atomic E-state index is 14.6. The number of hydrogen-bond acceptors (Lipinski definition) is 5. The summed E-state index contributed by atoms with van der Waals surface area (Å²) in [6, 6.07) is 7.84. The molecule has 0 aliphatic carbocycles. The van der Waals surface area contributed by atoms with Crippen molar-refractivity contribution in [2.75, 3.05) is 26.2 Å². The lowest BCUT2D eigenvalue weighted by atomic mass is 10.0. The number of halogens is 3. The van der Waals surface area contributed by atoms with Crippen LogP contribution in [-0.2, 0) is 19.4 Å². The van der Waals surface area contributed by atoms with E-state index in [9.17, 15) is 26.8 Å². The Balaban J connectivity index is 1.90. The summed E-state index contributed by atoms with van der Waals surface area (Å²) in [4.78, 5) is 24.8. The van der Waals surface area contributed by atoms with Gasteiger partial charge >= 0.3 is 6.09 Å². The minimum absolute atomic E-state index is 0.138. The fourth-order valence-corrected chi connectivity index (χ4v) is 5.60. The predicted octanol–water partition coefficient (Wildman–Crippen LogP) is 3.34. The smallest absolute Gasteiger partial charge is 0.410 e. The average molecular weight is 487 g/mol. The maximum Gasteiger partial charge on any atom is 0.410 e. The second-order valence-electron chi connectivity index (χ2n) is 7.41. The Morgan fingerprint density at radius 2 is 1.91 bits per heavy atom. The van der Waals surface area contributed by atoms with E-state index in [4.69, 9.17) is 16.3 Å². The van der Waals surface area contributed by atoms with Crippen LogP contribution in [0, 0.1) is 17.6 Å². The Labute approximate surface area is 189 Å². The molecule has 3 rings (SSSR count). The van der Waals surface area contributed by atoms with Crippen LogP contribution in [0.5, 0.6) is 0 Å². The number of rotatable bonds is 6. The molecule has 2 aromatic rings. The van der Waals surface area contributed by atoms with Crippen molar-refractivity contribution in [2.24, 2.45) is 5.92 Å². The summed E-state index contributed by atoms with van der Waals surface area (Å²) >= 11 is 5.84. The number of ether oxygens (including phenoxy) is 1. The third-order valence-corrected chi connectivity index (χ3v) is 7.59. The first-order chi connectivity index (χ1) is 15.1. The summed E-state index contributed by atoms with van der Waals surface area (Å²) in [7, 11) is -4.23. The van der Waals surface area contributed by atoms with Gasteiger partial charge in [0.2, 0.25) is 5.91 Å². The summed E-state index contributed by atoms with van der Waals surface area (Å²) < 4.78 is 60.5. The van der Waals surface area contributed by atoms with Crippen LogP contribution in [0.3, 0.4) is 0 Å². The monoisotopic (exact) mass is 486 g/mol. The van der Waals surface area contributed by atoms with Crippen LogP contribution in [-0.4, -0.2) is 51.6 Å². The number of carbonyl (C=O) groups excluding carboxylic acids is 2. The highest BCUT2D eigenvalue weighted by Crippen LogP contribution is 2.37. The quantitative estimate of drug-likeness (QED) is 0.676. The van der Waals surface area contributed by atoms with Crippen LogP contribution >= 0.6 is 11.6 Å². The zero-order valence-corrected chi connectivity index (χ0v) is 18.6. The summed E-state index contributed by atoms with van der Waals surface area (Å²) in [5, 5.41) is 1.34. The van der Waals surface area contributed by atoms with E-state index in [0.29, 0.717) is 5.02 Å². The summed E-state index contributed by atoms with van der Waals surface area (Å²) in [5.74, 6) is -3.00. The van der Waals surface area contributed by atoms with Gasteiger partial charge in [0.15, 0.2) is 9.84 Å². The van der Waals surface area contributed by atoms with Gasteiger partial charge in [-0.1, -0.05) is 18.5 Å². The Bertz CT molecular complexity index is 1110. The first kappa shape index (κ1) is 23.9. The van der Waals surface area contributed by atoms with Crippen molar-refractivity contribution in [1.82, 2.24) is 10.2 Å². The molecule has 0 saturated carbocycles. The zero-order valence-electron chi connectivity index (χ0n) is 17.1. The van der Waals surface area contributed by atoms with E-state index >= 15 is 0 Å². The van der Waals surface area contributed by atoms with Crippen LogP contribution in [0.25, 0.3) is 0 Å². The van der Waals surface area contributed by atoms with E-state index < -0.39 is 45.3 Å². The topological polar surface area (TPSA) is 92.8 Å². The SMILES string of the molecule is C[C@H](COC(=O)N1CCNC(=O)C1)[C@@H](c1cc(F)ccc1F)S(=O)(=O)c1ccc(Cl)cc1. The van der Waals surface area contributed by atoms with Gasteiger partial charge in [0.25, 0.3) is 0 Å². The van der Waals surface area contributed by atoms with E-state index in [1.165, 1.54) is 36.1 Å². The maximum absolute atomic E-state index is 14.6. The first-order valence-electron chi connectivity index (χ1n) is 9.72. The molecule has 1 N–H and O–H groups in total. The lowest BCUT2D eigenvalue weighted by molar-refractivity contribution is -0.123. The highest BCUT2D eigenvalue weighted by molar-refractivity contribution is 7.91. The highest BCUT2D eigenvalue weighted by atomic mass is 35.5. The molecule has 1 aliphatic rings. The van der Waals surface area contributed by atoms with Gasteiger partial charge in [-0.25, -0.2) is 22.0 Å². The highest BCUT2D eigenvalue weighted by Gasteiger charge is 2.37. The number of benzene rings is 2. The van der Waals surface area contributed by atoms with Crippen molar-refractivity contribution in [2.45, 2.75) is 17.1 Å². The number of nitrogens with zero attached hydrogens (tertiary/aromatic N) is 1. The van der Waals surface area contributed by atoms with Crippen LogP contribution in [0.2, 0.25) is 5.02 Å². The van der Waals surface area contributed by atoms with E-state index in [1.807, 2.05) is 0 Å². The van der Waals surface area contributed by atoms with Crippen LogP contribution in [0.4, 0.5) is 13.6 Å². The largest absolute Gasteiger partial charge is 0.449 e. The number of hydrogen-bond donors (Lipinski definition) is 1. The summed E-state index contributed by atoms with van der Waals surface area (Å²) in [6.07, 6.45) is -0.797. The molecule has 11 heteroatoms. The van der Waals surface area contributed by atoms with E-state index in [-0.39, 0.29) is 36.0 Å². The average Bonchev–Trinajstić information content (AvgIpc) is 2.74. The molecule has 0 spiro atoms. The number of piperazine rings is 1. The third-order valence-electron chi connectivity index (χ3n) is 5.02. The van der Waals surface area contributed by atoms with Crippen molar-refractivity contribution < 1.29 is 31.5 Å². The number of nitrogens with one attached hydrogen (secondary N) is 1. The third kappa shape index (κ3) is 5.36. The van der Waals surface area contributed by atoms with Gasteiger partial charge in [0, 0.05) is 29.6 Å². The predicted molar refractivity (Wildman–Crippen MR) is 113 cm³/mol. The number of sulfone groups is 1.